The lowest BCUT2D eigenvalue weighted by Crippen LogP contribution is -2.50. The van der Waals surface area contributed by atoms with Crippen molar-refractivity contribution in [2.75, 3.05) is 51.3 Å². The summed E-state index contributed by atoms with van der Waals surface area (Å²) in [6, 6.07) is 5.67. The number of aliphatic carboxylic acids is 1. The number of hydrogen-bond acceptors (Lipinski definition) is 4. The second kappa shape index (κ2) is 10.7. The highest BCUT2D eigenvalue weighted by Gasteiger charge is 2.37. The highest BCUT2D eigenvalue weighted by Crippen LogP contribution is 2.48. The van der Waals surface area contributed by atoms with Crippen LogP contribution in [0.1, 0.15) is 23.6 Å². The quantitative estimate of drug-likeness (QED) is 0.570. The molecule has 196 valence electrons. The third kappa shape index (κ3) is 5.89. The summed E-state index contributed by atoms with van der Waals surface area (Å²) < 4.78 is 34.8. The summed E-state index contributed by atoms with van der Waals surface area (Å²) in [5.74, 6) is -2.60. The van der Waals surface area contributed by atoms with Gasteiger partial charge in [0.2, 0.25) is 0 Å². The fourth-order valence-electron chi connectivity index (χ4n) is 4.23. The Morgan fingerprint density at radius 3 is 2.36 bits per heavy atom. The number of ether oxygens (including phenoxy) is 1. The average Bonchev–Trinajstić information content (AvgIpc) is 2.79. The van der Waals surface area contributed by atoms with E-state index in [0.29, 0.717) is 17.7 Å². The van der Waals surface area contributed by atoms with E-state index < -0.39 is 45.6 Å². The number of carbonyl (C=O) groups excluding carboxylic acids is 2. The number of urea groups is 1. The Morgan fingerprint density at radius 2 is 1.81 bits per heavy atom. The third-order valence-corrected chi connectivity index (χ3v) is 7.55. The fraction of sp³-hybridized carbons (Fsp3) is 0.400. The number of carboxylic acid groups (broad SMARTS) is 1. The molecule has 1 heterocycles. The van der Waals surface area contributed by atoms with Crippen molar-refractivity contribution in [3.63, 3.8) is 0 Å². The van der Waals surface area contributed by atoms with E-state index in [9.17, 15) is 23.2 Å². The Balaban J connectivity index is 1.97. The van der Waals surface area contributed by atoms with Gasteiger partial charge in [0.1, 0.15) is 23.4 Å². The minimum atomic E-state index is -1.69. The minimum absolute atomic E-state index is 0.00698. The first-order valence-electron chi connectivity index (χ1n) is 11.2. The van der Waals surface area contributed by atoms with Gasteiger partial charge in [-0.1, -0.05) is 6.07 Å². The fourth-order valence-corrected chi connectivity index (χ4v) is 5.51. The van der Waals surface area contributed by atoms with Crippen molar-refractivity contribution in [2.24, 2.45) is 0 Å². The van der Waals surface area contributed by atoms with Gasteiger partial charge in [-0.05, 0) is 60.6 Å². The van der Waals surface area contributed by atoms with E-state index in [2.05, 4.69) is 5.32 Å². The highest BCUT2D eigenvalue weighted by molar-refractivity contribution is 8.32. The van der Waals surface area contributed by atoms with E-state index in [1.54, 1.807) is 37.0 Å². The Labute approximate surface area is 210 Å². The molecule has 2 N–H and O–H groups in total. The van der Waals surface area contributed by atoms with Gasteiger partial charge in [0.25, 0.3) is 5.91 Å². The van der Waals surface area contributed by atoms with E-state index >= 15 is 0 Å². The molecule has 2 aromatic rings. The maximum Gasteiger partial charge on any atom is 0.320 e. The number of nitrogens with zero attached hydrogens (tertiary/aromatic N) is 2. The number of carboxylic acids is 1. The van der Waals surface area contributed by atoms with Crippen molar-refractivity contribution < 1.29 is 33.0 Å². The van der Waals surface area contributed by atoms with Gasteiger partial charge in [-0.2, -0.15) is 0 Å². The summed E-state index contributed by atoms with van der Waals surface area (Å²) in [5, 5.41) is 11.5. The van der Waals surface area contributed by atoms with Crippen LogP contribution in [0, 0.1) is 11.6 Å². The molecule has 8 nitrogen and oxygen atoms in total. The van der Waals surface area contributed by atoms with E-state index in [1.807, 2.05) is 0 Å². The number of carbonyl (C=O) groups is 3. The molecule has 2 aromatic carbocycles. The Morgan fingerprint density at radius 1 is 1.17 bits per heavy atom. The van der Waals surface area contributed by atoms with Crippen molar-refractivity contribution in [3.05, 3.63) is 53.1 Å². The molecule has 0 aliphatic carbocycles. The summed E-state index contributed by atoms with van der Waals surface area (Å²) >= 11 is 0. The molecule has 3 amide bonds. The number of hydrogen-bond donors (Lipinski definition) is 2. The minimum Gasteiger partial charge on any atom is -0.497 e. The molecule has 0 bridgehead atoms. The largest absolute Gasteiger partial charge is 0.497 e. The summed E-state index contributed by atoms with van der Waals surface area (Å²) in [7, 11) is 1.29. The van der Waals surface area contributed by atoms with E-state index in [1.165, 1.54) is 24.0 Å². The average molecular weight is 524 g/mol. The van der Waals surface area contributed by atoms with Gasteiger partial charge >= 0.3 is 12.0 Å². The zero-order chi connectivity index (χ0) is 26.8. The second-order valence-electron chi connectivity index (χ2n) is 9.35. The molecular weight excluding hydrogens is 492 g/mol. The number of rotatable bonds is 7. The highest BCUT2D eigenvalue weighted by atomic mass is 32.3. The normalized spacial score (nSPS) is 15.6. The van der Waals surface area contributed by atoms with Gasteiger partial charge in [0.15, 0.2) is 0 Å². The molecule has 0 saturated heterocycles. The van der Waals surface area contributed by atoms with Crippen LogP contribution in [0.15, 0.2) is 35.2 Å². The third-order valence-electron chi connectivity index (χ3n) is 5.94. The molecule has 0 spiro atoms. The topological polar surface area (TPSA) is 99.2 Å². The van der Waals surface area contributed by atoms with E-state index in [0.717, 1.165) is 17.7 Å². The zero-order valence-electron chi connectivity index (χ0n) is 20.9. The number of benzene rings is 2. The molecule has 11 heteroatoms. The number of methoxy groups -OCH3 is 1. The smallest absolute Gasteiger partial charge is 0.320 e. The van der Waals surface area contributed by atoms with Gasteiger partial charge in [0.05, 0.1) is 18.4 Å². The molecule has 1 aliphatic rings. The van der Waals surface area contributed by atoms with E-state index in [-0.39, 0.29) is 30.1 Å². The van der Waals surface area contributed by atoms with Crippen molar-refractivity contribution in [1.82, 2.24) is 9.80 Å². The Bertz CT molecular complexity index is 1160. The number of halogens is 2. The zero-order valence-corrected chi connectivity index (χ0v) is 21.7. The van der Waals surface area contributed by atoms with Gasteiger partial charge in [0, 0.05) is 25.8 Å². The van der Waals surface area contributed by atoms with Crippen LogP contribution < -0.4 is 10.1 Å². The first-order valence-corrected chi connectivity index (χ1v) is 14.1. The van der Waals surface area contributed by atoms with Gasteiger partial charge in [-0.25, -0.2) is 23.6 Å². The summed E-state index contributed by atoms with van der Waals surface area (Å²) in [6.07, 6.45) is 5.50. The van der Waals surface area contributed by atoms with Crippen LogP contribution in [0.4, 0.5) is 19.3 Å². The second-order valence-corrected chi connectivity index (χ2v) is 13.4. The molecule has 1 atom stereocenters. The van der Waals surface area contributed by atoms with E-state index in [4.69, 9.17) is 9.84 Å². The molecule has 36 heavy (non-hydrogen) atoms. The molecule has 3 rings (SSSR count). The number of fused-ring (bicyclic) bond motifs is 1. The van der Waals surface area contributed by atoms with Crippen LogP contribution in [0.5, 0.6) is 5.75 Å². The van der Waals surface area contributed by atoms with Crippen LogP contribution in [0.25, 0.3) is 0 Å². The van der Waals surface area contributed by atoms with Crippen molar-refractivity contribution in [2.45, 2.75) is 23.8 Å². The van der Waals surface area contributed by atoms with Crippen LogP contribution in [0.2, 0.25) is 0 Å². The van der Waals surface area contributed by atoms with Gasteiger partial charge < -0.3 is 25.0 Å². The lowest BCUT2D eigenvalue weighted by atomic mass is 9.91. The number of anilines is 1. The monoisotopic (exact) mass is 523 g/mol. The van der Waals surface area contributed by atoms with Crippen molar-refractivity contribution in [1.29, 1.82) is 0 Å². The van der Waals surface area contributed by atoms with Crippen molar-refractivity contribution >= 4 is 33.6 Å². The molecular formula is C25H31F2N3O5S. The molecule has 0 aromatic heterocycles. The molecule has 0 unspecified atom stereocenters. The Kier molecular flexibility index (Phi) is 8.12. The maximum absolute atomic E-state index is 14.8. The number of nitrogens with one attached hydrogen (secondary N) is 1. The van der Waals surface area contributed by atoms with Crippen LogP contribution in [-0.4, -0.2) is 78.8 Å². The summed E-state index contributed by atoms with van der Waals surface area (Å²) in [5.41, 5.74) is 1.29. The van der Waals surface area contributed by atoms with Crippen molar-refractivity contribution in [3.8, 4) is 5.75 Å². The number of amides is 3. The molecule has 0 saturated carbocycles. The predicted molar refractivity (Wildman–Crippen MR) is 135 cm³/mol. The summed E-state index contributed by atoms with van der Waals surface area (Å²) in [6.45, 7) is 0.144. The first kappa shape index (κ1) is 27.3. The van der Waals surface area contributed by atoms with Crippen LogP contribution in [0.3, 0.4) is 0 Å². The lowest BCUT2D eigenvalue weighted by molar-refractivity contribution is -0.137. The predicted octanol–water partition coefficient (Wildman–Crippen LogP) is 4.09. The summed E-state index contributed by atoms with van der Waals surface area (Å²) in [4.78, 5) is 40.2. The molecule has 0 fully saturated rings. The van der Waals surface area contributed by atoms with Crippen LogP contribution >= 0.6 is 10.0 Å². The standard InChI is InChI=1S/C25H31F2N3O5S/c1-29(10-9-21(31)32)25(34)30-11-8-15-12-17(35-2)6-7-18(15)22(30)24(33)28-16-13-19(26)23(20(27)14-16)36(3,4)5/h6-7,12-14,22H,8-11H2,1-5H3,(H,28,33)(H,31,32)/t22-/m1/s1. The van der Waals surface area contributed by atoms with Gasteiger partial charge in [-0.3, -0.25) is 9.59 Å². The SMILES string of the molecule is COc1ccc2c(c1)CCN(C(=O)N(C)CCC(=O)O)[C@H]2C(=O)Nc1cc(F)c(S(C)(C)C)c(F)c1. The van der Waals surface area contributed by atoms with Gasteiger partial charge in [-0.15, -0.1) is 0 Å². The first-order chi connectivity index (χ1) is 16.8. The lowest BCUT2D eigenvalue weighted by Gasteiger charge is -2.38. The molecule has 1 aliphatic heterocycles. The maximum atomic E-state index is 14.8. The van der Waals surface area contributed by atoms with Crippen LogP contribution in [-0.2, 0) is 16.0 Å². The molecule has 0 radical (unpaired) electrons. The Hall–Kier alpha value is -3.34.